The van der Waals surface area contributed by atoms with E-state index < -0.39 is 17.6 Å². The van der Waals surface area contributed by atoms with E-state index in [9.17, 15) is 14.7 Å². The number of rotatable bonds is 5. The zero-order valence-electron chi connectivity index (χ0n) is 14.3. The minimum atomic E-state index is -0.765. The summed E-state index contributed by atoms with van der Waals surface area (Å²) in [5.74, 6) is -0.765. The molecule has 1 amide bonds. The molecule has 1 fully saturated rings. The van der Waals surface area contributed by atoms with Gasteiger partial charge in [-0.25, -0.2) is 4.79 Å². The maximum atomic E-state index is 12.1. The Morgan fingerprint density at radius 2 is 1.86 bits per heavy atom. The molecule has 1 atom stereocenters. The van der Waals surface area contributed by atoms with Gasteiger partial charge in [0.2, 0.25) is 0 Å². The van der Waals surface area contributed by atoms with Crippen LogP contribution < -0.4 is 0 Å². The van der Waals surface area contributed by atoms with Gasteiger partial charge in [0.05, 0.1) is 0 Å². The first kappa shape index (κ1) is 18.7. The summed E-state index contributed by atoms with van der Waals surface area (Å²) in [6.45, 7) is 10.0. The van der Waals surface area contributed by atoms with E-state index in [0.717, 1.165) is 19.3 Å². The number of unbranched alkanes of at least 4 members (excludes halogenated alkanes) is 1. The van der Waals surface area contributed by atoms with Gasteiger partial charge in [-0.05, 0) is 33.6 Å². The SMILES string of the molecule is CCCCC(C(=O)O)N1CCCN(C(=O)OC(C)(C)C)CC1. The quantitative estimate of drug-likeness (QED) is 0.844. The number of ether oxygens (including phenoxy) is 1. The lowest BCUT2D eigenvalue weighted by Crippen LogP contribution is -2.44. The number of nitrogens with zero attached hydrogens (tertiary/aromatic N) is 2. The lowest BCUT2D eigenvalue weighted by Gasteiger charge is -2.28. The van der Waals surface area contributed by atoms with Crippen LogP contribution in [-0.4, -0.2) is 64.8 Å². The number of hydrogen-bond acceptors (Lipinski definition) is 4. The third-order valence-electron chi connectivity index (χ3n) is 3.74. The van der Waals surface area contributed by atoms with Crippen LogP contribution in [0.1, 0.15) is 53.4 Å². The van der Waals surface area contributed by atoms with Crippen molar-refractivity contribution in [1.29, 1.82) is 0 Å². The third kappa shape index (κ3) is 6.22. The van der Waals surface area contributed by atoms with Crippen molar-refractivity contribution >= 4 is 12.1 Å². The molecule has 0 bridgehead atoms. The minimum absolute atomic E-state index is 0.310. The topological polar surface area (TPSA) is 70.1 Å². The molecule has 0 aliphatic carbocycles. The fraction of sp³-hybridized carbons (Fsp3) is 0.875. The van der Waals surface area contributed by atoms with Gasteiger partial charge in [0.1, 0.15) is 11.6 Å². The van der Waals surface area contributed by atoms with Crippen LogP contribution >= 0.6 is 0 Å². The van der Waals surface area contributed by atoms with Gasteiger partial charge in [-0.1, -0.05) is 19.8 Å². The lowest BCUT2D eigenvalue weighted by molar-refractivity contribution is -0.143. The summed E-state index contributed by atoms with van der Waals surface area (Å²) in [7, 11) is 0. The second kappa shape index (κ2) is 8.36. The summed E-state index contributed by atoms with van der Waals surface area (Å²) < 4.78 is 5.39. The van der Waals surface area contributed by atoms with Crippen molar-refractivity contribution in [3.8, 4) is 0 Å². The van der Waals surface area contributed by atoms with Gasteiger partial charge in [0.15, 0.2) is 0 Å². The zero-order chi connectivity index (χ0) is 16.8. The van der Waals surface area contributed by atoms with Crippen LogP contribution in [0, 0.1) is 0 Å². The molecule has 0 radical (unpaired) electrons. The monoisotopic (exact) mass is 314 g/mol. The van der Waals surface area contributed by atoms with Crippen molar-refractivity contribution in [3.63, 3.8) is 0 Å². The summed E-state index contributed by atoms with van der Waals surface area (Å²) >= 11 is 0. The highest BCUT2D eigenvalue weighted by atomic mass is 16.6. The van der Waals surface area contributed by atoms with E-state index in [2.05, 4.69) is 6.92 Å². The van der Waals surface area contributed by atoms with Crippen molar-refractivity contribution in [3.05, 3.63) is 0 Å². The molecule has 0 spiro atoms. The van der Waals surface area contributed by atoms with Gasteiger partial charge in [0.25, 0.3) is 0 Å². The van der Waals surface area contributed by atoms with Crippen molar-refractivity contribution in [2.45, 2.75) is 65.0 Å². The molecular formula is C16H30N2O4. The van der Waals surface area contributed by atoms with Crippen LogP contribution in [-0.2, 0) is 9.53 Å². The largest absolute Gasteiger partial charge is 0.480 e. The van der Waals surface area contributed by atoms with Crippen molar-refractivity contribution in [1.82, 2.24) is 9.80 Å². The molecule has 6 nitrogen and oxygen atoms in total. The lowest BCUT2D eigenvalue weighted by atomic mass is 10.1. The predicted octanol–water partition coefficient (Wildman–Crippen LogP) is 2.57. The molecule has 22 heavy (non-hydrogen) atoms. The number of carboxylic acid groups (broad SMARTS) is 1. The van der Waals surface area contributed by atoms with E-state index >= 15 is 0 Å². The van der Waals surface area contributed by atoms with Gasteiger partial charge in [-0.2, -0.15) is 0 Å². The van der Waals surface area contributed by atoms with Crippen LogP contribution in [0.25, 0.3) is 0 Å². The molecular weight excluding hydrogens is 284 g/mol. The van der Waals surface area contributed by atoms with Crippen LogP contribution in [0.15, 0.2) is 0 Å². The molecule has 1 N–H and O–H groups in total. The highest BCUT2D eigenvalue weighted by molar-refractivity contribution is 5.73. The Bertz CT molecular complexity index is 379. The number of aliphatic carboxylic acids is 1. The molecule has 0 saturated carbocycles. The Balaban J connectivity index is 2.60. The number of carbonyl (C=O) groups excluding carboxylic acids is 1. The number of hydrogen-bond donors (Lipinski definition) is 1. The summed E-state index contributed by atoms with van der Waals surface area (Å²) in [5, 5.41) is 9.42. The second-order valence-electron chi connectivity index (χ2n) is 6.85. The van der Waals surface area contributed by atoms with Crippen LogP contribution in [0.5, 0.6) is 0 Å². The molecule has 6 heteroatoms. The first-order valence-corrected chi connectivity index (χ1v) is 8.19. The van der Waals surface area contributed by atoms with Gasteiger partial charge >= 0.3 is 12.1 Å². The van der Waals surface area contributed by atoms with Gasteiger partial charge in [-0.3, -0.25) is 9.69 Å². The Morgan fingerprint density at radius 1 is 1.18 bits per heavy atom. The van der Waals surface area contributed by atoms with Gasteiger partial charge in [0, 0.05) is 26.2 Å². The molecule has 1 rings (SSSR count). The summed E-state index contributed by atoms with van der Waals surface area (Å²) in [5.41, 5.74) is -0.506. The Kier molecular flexibility index (Phi) is 7.13. The summed E-state index contributed by atoms with van der Waals surface area (Å²) in [6, 6.07) is -0.446. The Labute approximate surface area is 133 Å². The molecule has 1 aliphatic rings. The number of amides is 1. The fourth-order valence-electron chi connectivity index (χ4n) is 2.62. The van der Waals surface area contributed by atoms with Crippen LogP contribution in [0.4, 0.5) is 4.79 Å². The molecule has 1 aliphatic heterocycles. The Hall–Kier alpha value is -1.30. The average molecular weight is 314 g/mol. The van der Waals surface area contributed by atoms with Crippen LogP contribution in [0.2, 0.25) is 0 Å². The van der Waals surface area contributed by atoms with Crippen molar-refractivity contribution in [2.75, 3.05) is 26.2 Å². The number of carbonyl (C=O) groups is 2. The highest BCUT2D eigenvalue weighted by Crippen LogP contribution is 2.15. The highest BCUT2D eigenvalue weighted by Gasteiger charge is 2.29. The zero-order valence-corrected chi connectivity index (χ0v) is 14.3. The van der Waals surface area contributed by atoms with Crippen LogP contribution in [0.3, 0.4) is 0 Å². The maximum Gasteiger partial charge on any atom is 0.410 e. The first-order valence-electron chi connectivity index (χ1n) is 8.19. The first-order chi connectivity index (χ1) is 10.2. The molecule has 1 saturated heterocycles. The third-order valence-corrected chi connectivity index (χ3v) is 3.74. The maximum absolute atomic E-state index is 12.1. The molecule has 0 aromatic rings. The van der Waals surface area contributed by atoms with E-state index in [0.29, 0.717) is 32.6 Å². The predicted molar refractivity (Wildman–Crippen MR) is 84.9 cm³/mol. The molecule has 128 valence electrons. The van der Waals surface area contributed by atoms with E-state index in [-0.39, 0.29) is 6.09 Å². The molecule has 1 heterocycles. The van der Waals surface area contributed by atoms with Gasteiger partial charge < -0.3 is 14.7 Å². The second-order valence-corrected chi connectivity index (χ2v) is 6.85. The molecule has 0 aromatic heterocycles. The van der Waals surface area contributed by atoms with E-state index in [1.807, 2.05) is 25.7 Å². The molecule has 0 aromatic carbocycles. The average Bonchev–Trinajstić information content (AvgIpc) is 2.63. The summed E-state index contributed by atoms with van der Waals surface area (Å²) in [4.78, 5) is 27.3. The number of carboxylic acids is 1. The van der Waals surface area contributed by atoms with E-state index in [1.54, 1.807) is 4.90 Å². The minimum Gasteiger partial charge on any atom is -0.480 e. The standard InChI is InChI=1S/C16H30N2O4/c1-5-6-8-13(14(19)20)17-9-7-10-18(12-11-17)15(21)22-16(2,3)4/h13H,5-12H2,1-4H3,(H,19,20). The summed E-state index contributed by atoms with van der Waals surface area (Å²) in [6.07, 6.45) is 3.02. The van der Waals surface area contributed by atoms with Crippen molar-refractivity contribution in [2.24, 2.45) is 0 Å². The van der Waals surface area contributed by atoms with E-state index in [1.165, 1.54) is 0 Å². The molecule has 1 unspecified atom stereocenters. The van der Waals surface area contributed by atoms with Crippen molar-refractivity contribution < 1.29 is 19.4 Å². The Morgan fingerprint density at radius 3 is 2.41 bits per heavy atom. The normalized spacial score (nSPS) is 18.6. The smallest absolute Gasteiger partial charge is 0.410 e. The fourth-order valence-corrected chi connectivity index (χ4v) is 2.62. The van der Waals surface area contributed by atoms with Gasteiger partial charge in [-0.15, -0.1) is 0 Å². The van der Waals surface area contributed by atoms with E-state index in [4.69, 9.17) is 4.74 Å².